The van der Waals surface area contributed by atoms with Gasteiger partial charge < -0.3 is 9.47 Å². The van der Waals surface area contributed by atoms with Crippen LogP contribution in [0.1, 0.15) is 99.8 Å². The quantitative estimate of drug-likeness (QED) is 0.181. The fourth-order valence-corrected chi connectivity index (χ4v) is 3.56. The van der Waals surface area contributed by atoms with Crippen LogP contribution in [0.15, 0.2) is 11.6 Å². The maximum absolute atomic E-state index is 12.8. The summed E-state index contributed by atoms with van der Waals surface area (Å²) in [5.41, 5.74) is 0.792. The average molecular weight is 397 g/mol. The van der Waals surface area contributed by atoms with Crippen LogP contribution in [-0.2, 0) is 19.1 Å². The van der Waals surface area contributed by atoms with Crippen LogP contribution in [0.25, 0.3) is 0 Å². The van der Waals surface area contributed by atoms with E-state index in [1.165, 1.54) is 18.4 Å². The van der Waals surface area contributed by atoms with E-state index in [2.05, 4.69) is 40.7 Å². The number of esters is 2. The lowest BCUT2D eigenvalue weighted by Gasteiger charge is -2.30. The lowest BCUT2D eigenvalue weighted by molar-refractivity contribution is -0.158. The minimum Gasteiger partial charge on any atom is -0.466 e. The largest absolute Gasteiger partial charge is 0.466 e. The molecule has 0 heterocycles. The lowest BCUT2D eigenvalue weighted by atomic mass is 9.75. The Bertz CT molecular complexity index is 479. The zero-order chi connectivity index (χ0) is 21.6. The summed E-state index contributed by atoms with van der Waals surface area (Å²) in [5.74, 6) is -0.526. The molecule has 0 N–H and O–H groups in total. The normalized spacial score (nSPS) is 14.5. The van der Waals surface area contributed by atoms with Crippen LogP contribution in [0, 0.1) is 17.3 Å². The highest BCUT2D eigenvalue weighted by molar-refractivity contribution is 5.81. The zero-order valence-corrected chi connectivity index (χ0v) is 19.4. The molecule has 2 atom stereocenters. The molecule has 4 heteroatoms. The summed E-state index contributed by atoms with van der Waals surface area (Å²) in [7, 11) is 0. The number of carbonyl (C=O) groups is 2. The van der Waals surface area contributed by atoms with E-state index < -0.39 is 11.3 Å². The highest BCUT2D eigenvalue weighted by atomic mass is 16.5. The standard InChI is InChI=1S/C24H44O4/c1-8-11-14-27-22(25)17-21(23(26)28-15-12-9-2)24(6,7)18-20(5)16-19(4)13-10-3/h18-19,21H,8-17H2,1-7H3/b20-18-/t19-,21-/m0/s1. The molecule has 0 aliphatic heterocycles. The molecule has 0 radical (unpaired) electrons. The van der Waals surface area contributed by atoms with Crippen molar-refractivity contribution in [2.45, 2.75) is 99.8 Å². The van der Waals surface area contributed by atoms with Gasteiger partial charge in [-0.1, -0.05) is 78.9 Å². The van der Waals surface area contributed by atoms with Gasteiger partial charge in [0.25, 0.3) is 0 Å². The van der Waals surface area contributed by atoms with Crippen molar-refractivity contribution < 1.29 is 19.1 Å². The SMILES string of the molecule is CCCCOC(=O)C[C@@H](C(=O)OCCCC)C(C)(C)/C=C(/C)C[C@@H](C)CCC. The van der Waals surface area contributed by atoms with E-state index in [-0.39, 0.29) is 18.4 Å². The maximum Gasteiger partial charge on any atom is 0.310 e. The second-order valence-corrected chi connectivity index (χ2v) is 8.76. The predicted molar refractivity (Wildman–Crippen MR) is 116 cm³/mol. The van der Waals surface area contributed by atoms with Crippen molar-refractivity contribution in [2.75, 3.05) is 13.2 Å². The molecule has 28 heavy (non-hydrogen) atoms. The molecule has 4 nitrogen and oxygen atoms in total. The van der Waals surface area contributed by atoms with Gasteiger partial charge in [-0.25, -0.2) is 0 Å². The molecule has 0 spiro atoms. The first kappa shape index (κ1) is 26.7. The van der Waals surface area contributed by atoms with Gasteiger partial charge in [-0.15, -0.1) is 0 Å². The van der Waals surface area contributed by atoms with E-state index >= 15 is 0 Å². The van der Waals surface area contributed by atoms with Gasteiger partial charge in [0.2, 0.25) is 0 Å². The first-order valence-corrected chi connectivity index (χ1v) is 11.2. The molecular weight excluding hydrogens is 352 g/mol. The third kappa shape index (κ3) is 11.5. The lowest BCUT2D eigenvalue weighted by Crippen LogP contribution is -2.34. The highest BCUT2D eigenvalue weighted by Crippen LogP contribution is 2.35. The fraction of sp³-hybridized carbons (Fsp3) is 0.833. The summed E-state index contributed by atoms with van der Waals surface area (Å²) in [6.07, 6.45) is 9.22. The van der Waals surface area contributed by atoms with Crippen molar-refractivity contribution in [3.05, 3.63) is 11.6 Å². The van der Waals surface area contributed by atoms with Gasteiger partial charge in [-0.05, 0) is 37.5 Å². The average Bonchev–Trinajstić information content (AvgIpc) is 2.59. The molecule has 0 saturated heterocycles. The van der Waals surface area contributed by atoms with Crippen molar-refractivity contribution >= 4 is 11.9 Å². The Hall–Kier alpha value is -1.32. The Morgan fingerprint density at radius 1 is 0.929 bits per heavy atom. The summed E-state index contributed by atoms with van der Waals surface area (Å²) < 4.78 is 10.8. The van der Waals surface area contributed by atoms with Crippen LogP contribution in [0.3, 0.4) is 0 Å². The van der Waals surface area contributed by atoms with Crippen molar-refractivity contribution in [2.24, 2.45) is 17.3 Å². The van der Waals surface area contributed by atoms with Crippen LogP contribution in [0.4, 0.5) is 0 Å². The van der Waals surface area contributed by atoms with Crippen LogP contribution in [0.5, 0.6) is 0 Å². The molecule has 0 saturated carbocycles. The smallest absolute Gasteiger partial charge is 0.310 e. The predicted octanol–water partition coefficient (Wildman–Crippen LogP) is 6.48. The summed E-state index contributed by atoms with van der Waals surface area (Å²) in [4.78, 5) is 25.1. The van der Waals surface area contributed by atoms with Gasteiger partial charge in [0.15, 0.2) is 0 Å². The monoisotopic (exact) mass is 396 g/mol. The molecule has 164 valence electrons. The van der Waals surface area contributed by atoms with Crippen LogP contribution >= 0.6 is 0 Å². The topological polar surface area (TPSA) is 52.6 Å². The third-order valence-corrected chi connectivity index (χ3v) is 5.13. The second-order valence-electron chi connectivity index (χ2n) is 8.76. The molecular formula is C24H44O4. The summed E-state index contributed by atoms with van der Waals surface area (Å²) >= 11 is 0. The number of unbranched alkanes of at least 4 members (excludes halogenated alkanes) is 2. The van der Waals surface area contributed by atoms with Crippen molar-refractivity contribution in [1.82, 2.24) is 0 Å². The number of hydrogen-bond acceptors (Lipinski definition) is 4. The van der Waals surface area contributed by atoms with E-state index in [1.54, 1.807) is 0 Å². The Balaban J connectivity index is 5.25. The molecule has 0 fully saturated rings. The van der Waals surface area contributed by atoms with E-state index in [0.29, 0.717) is 19.1 Å². The van der Waals surface area contributed by atoms with E-state index in [0.717, 1.165) is 32.1 Å². The van der Waals surface area contributed by atoms with Gasteiger partial charge in [0, 0.05) is 0 Å². The molecule has 0 aliphatic rings. The molecule has 0 aromatic carbocycles. The van der Waals surface area contributed by atoms with Gasteiger partial charge >= 0.3 is 11.9 Å². The van der Waals surface area contributed by atoms with Crippen LogP contribution in [0.2, 0.25) is 0 Å². The maximum atomic E-state index is 12.8. The second kappa shape index (κ2) is 14.6. The minimum absolute atomic E-state index is 0.0654. The Morgan fingerprint density at radius 3 is 2.04 bits per heavy atom. The molecule has 0 aromatic rings. The van der Waals surface area contributed by atoms with Crippen LogP contribution < -0.4 is 0 Å². The number of carbonyl (C=O) groups excluding carboxylic acids is 2. The number of hydrogen-bond donors (Lipinski definition) is 0. The third-order valence-electron chi connectivity index (χ3n) is 5.13. The molecule has 0 rings (SSSR count). The Labute approximate surface area is 173 Å². The first-order chi connectivity index (χ1) is 13.2. The van der Waals surface area contributed by atoms with Crippen LogP contribution in [-0.4, -0.2) is 25.2 Å². The van der Waals surface area contributed by atoms with Gasteiger partial charge in [0.1, 0.15) is 0 Å². The van der Waals surface area contributed by atoms with Crippen molar-refractivity contribution in [1.29, 1.82) is 0 Å². The molecule has 0 unspecified atom stereocenters. The highest BCUT2D eigenvalue weighted by Gasteiger charge is 2.37. The van der Waals surface area contributed by atoms with Crippen molar-refractivity contribution in [3.8, 4) is 0 Å². The van der Waals surface area contributed by atoms with Gasteiger partial charge in [0.05, 0.1) is 25.6 Å². The molecule has 0 amide bonds. The van der Waals surface area contributed by atoms with Gasteiger partial charge in [-0.3, -0.25) is 9.59 Å². The number of rotatable bonds is 15. The van der Waals surface area contributed by atoms with Crippen molar-refractivity contribution in [3.63, 3.8) is 0 Å². The number of allylic oxidation sites excluding steroid dienone is 2. The summed E-state index contributed by atoms with van der Waals surface area (Å²) in [6.45, 7) is 15.5. The van der Waals surface area contributed by atoms with E-state index in [4.69, 9.17) is 9.47 Å². The summed E-state index contributed by atoms with van der Waals surface area (Å²) in [6, 6.07) is 0. The summed E-state index contributed by atoms with van der Waals surface area (Å²) in [5, 5.41) is 0. The Kier molecular flexibility index (Phi) is 14.0. The fourth-order valence-electron chi connectivity index (χ4n) is 3.56. The first-order valence-electron chi connectivity index (χ1n) is 11.2. The minimum atomic E-state index is -0.532. The number of ether oxygens (including phenoxy) is 2. The van der Waals surface area contributed by atoms with Gasteiger partial charge in [-0.2, -0.15) is 0 Å². The zero-order valence-electron chi connectivity index (χ0n) is 19.4. The van der Waals surface area contributed by atoms with E-state index in [1.807, 2.05) is 13.8 Å². The molecule has 0 bridgehead atoms. The Morgan fingerprint density at radius 2 is 1.50 bits per heavy atom. The van der Waals surface area contributed by atoms with E-state index in [9.17, 15) is 9.59 Å². The molecule has 0 aromatic heterocycles. The molecule has 0 aliphatic carbocycles.